The average Bonchev–Trinajstić information content (AvgIpc) is 2.28. The maximum absolute atomic E-state index is 10.6. The van der Waals surface area contributed by atoms with Crippen LogP contribution in [0.4, 0.5) is 5.69 Å². The van der Waals surface area contributed by atoms with Gasteiger partial charge < -0.3 is 4.90 Å². The number of hydrogen-bond donors (Lipinski definition) is 0. The summed E-state index contributed by atoms with van der Waals surface area (Å²) >= 11 is 0. The number of carbonyl (C=O) groups is 1. The number of non-ortho nitro benzene ring substituents is 1. The van der Waals surface area contributed by atoms with E-state index in [9.17, 15) is 14.9 Å². The van der Waals surface area contributed by atoms with Gasteiger partial charge in [0.2, 0.25) is 0 Å². The molecule has 0 unspecified atom stereocenters. The van der Waals surface area contributed by atoms with Gasteiger partial charge in [-0.15, -0.1) is 0 Å². The van der Waals surface area contributed by atoms with Gasteiger partial charge in [0.05, 0.1) is 4.92 Å². The number of likely N-dealkylation sites (N-methyl/N-ethyl adjacent to an activating group) is 1. The monoisotopic (exact) mass is 234 g/mol. The standard InChI is InChI=1S/C12H14N2O3/c1-13(2)11(6-7-15)8-10-4-3-5-12(9-10)14(16)17/h3-7,9H,8H2,1-2H3. The van der Waals surface area contributed by atoms with Gasteiger partial charge in [-0.2, -0.15) is 0 Å². The summed E-state index contributed by atoms with van der Waals surface area (Å²) in [6, 6.07) is 6.40. The first-order chi connectivity index (χ1) is 8.04. The number of benzene rings is 1. The summed E-state index contributed by atoms with van der Waals surface area (Å²) in [6.45, 7) is 0. The van der Waals surface area contributed by atoms with E-state index in [0.717, 1.165) is 11.3 Å². The molecule has 0 fully saturated rings. The molecule has 1 aromatic rings. The van der Waals surface area contributed by atoms with Gasteiger partial charge in [-0.05, 0) is 11.6 Å². The zero-order chi connectivity index (χ0) is 12.8. The van der Waals surface area contributed by atoms with E-state index in [1.807, 2.05) is 19.0 Å². The fourth-order valence-corrected chi connectivity index (χ4v) is 1.43. The van der Waals surface area contributed by atoms with Crippen LogP contribution in [0.15, 0.2) is 36.0 Å². The van der Waals surface area contributed by atoms with Gasteiger partial charge >= 0.3 is 0 Å². The van der Waals surface area contributed by atoms with Crippen molar-refractivity contribution in [2.24, 2.45) is 0 Å². The molecule has 17 heavy (non-hydrogen) atoms. The normalized spacial score (nSPS) is 11.1. The fraction of sp³-hybridized carbons (Fsp3) is 0.250. The molecule has 0 aliphatic carbocycles. The molecule has 0 bridgehead atoms. The Morgan fingerprint density at radius 1 is 1.47 bits per heavy atom. The van der Waals surface area contributed by atoms with Crippen LogP contribution in [0.5, 0.6) is 0 Å². The highest BCUT2D eigenvalue weighted by Gasteiger charge is 2.07. The van der Waals surface area contributed by atoms with Crippen LogP contribution in [-0.4, -0.2) is 30.2 Å². The van der Waals surface area contributed by atoms with Gasteiger partial charge in [-0.1, -0.05) is 12.1 Å². The van der Waals surface area contributed by atoms with Crippen molar-refractivity contribution in [3.63, 3.8) is 0 Å². The third kappa shape index (κ3) is 3.71. The number of hydrogen-bond acceptors (Lipinski definition) is 4. The van der Waals surface area contributed by atoms with E-state index in [-0.39, 0.29) is 5.69 Å². The average molecular weight is 234 g/mol. The van der Waals surface area contributed by atoms with E-state index < -0.39 is 4.92 Å². The Morgan fingerprint density at radius 2 is 2.18 bits per heavy atom. The first-order valence-corrected chi connectivity index (χ1v) is 5.09. The van der Waals surface area contributed by atoms with E-state index in [2.05, 4.69) is 0 Å². The summed E-state index contributed by atoms with van der Waals surface area (Å²) in [5.74, 6) is 0. The van der Waals surface area contributed by atoms with E-state index >= 15 is 0 Å². The van der Waals surface area contributed by atoms with E-state index in [4.69, 9.17) is 0 Å². The van der Waals surface area contributed by atoms with E-state index in [1.54, 1.807) is 12.1 Å². The summed E-state index contributed by atoms with van der Waals surface area (Å²) in [4.78, 5) is 22.5. The van der Waals surface area contributed by atoms with Crippen LogP contribution in [0.3, 0.4) is 0 Å². The van der Waals surface area contributed by atoms with Crippen molar-refractivity contribution in [1.29, 1.82) is 0 Å². The minimum atomic E-state index is -0.428. The summed E-state index contributed by atoms with van der Waals surface area (Å²) in [5.41, 5.74) is 1.67. The highest BCUT2D eigenvalue weighted by Crippen LogP contribution is 2.16. The third-order valence-corrected chi connectivity index (χ3v) is 2.34. The van der Waals surface area contributed by atoms with Crippen LogP contribution in [0.1, 0.15) is 5.56 Å². The van der Waals surface area contributed by atoms with Gasteiger partial charge in [-0.25, -0.2) is 0 Å². The molecule has 0 aliphatic rings. The highest BCUT2D eigenvalue weighted by atomic mass is 16.6. The predicted octanol–water partition coefficient (Wildman–Crippen LogP) is 1.78. The Labute approximate surface area is 99.5 Å². The Hall–Kier alpha value is -2.17. The number of nitro groups is 1. The summed E-state index contributed by atoms with van der Waals surface area (Å²) in [6.07, 6.45) is 2.67. The van der Waals surface area contributed by atoms with Crippen LogP contribution in [0.2, 0.25) is 0 Å². The van der Waals surface area contributed by atoms with Crippen LogP contribution in [-0.2, 0) is 11.2 Å². The van der Waals surface area contributed by atoms with Crippen molar-refractivity contribution < 1.29 is 9.72 Å². The van der Waals surface area contributed by atoms with Crippen molar-refractivity contribution in [3.8, 4) is 0 Å². The molecule has 0 saturated carbocycles. The Morgan fingerprint density at radius 3 is 2.71 bits per heavy atom. The van der Waals surface area contributed by atoms with Crippen molar-refractivity contribution in [3.05, 3.63) is 51.7 Å². The fourth-order valence-electron chi connectivity index (χ4n) is 1.43. The minimum Gasteiger partial charge on any atom is -0.381 e. The van der Waals surface area contributed by atoms with Crippen LogP contribution >= 0.6 is 0 Å². The molecule has 1 aromatic carbocycles. The molecular weight excluding hydrogens is 220 g/mol. The largest absolute Gasteiger partial charge is 0.381 e. The summed E-state index contributed by atoms with van der Waals surface area (Å²) < 4.78 is 0. The number of nitro benzene ring substituents is 1. The quantitative estimate of drug-likeness (QED) is 0.337. The van der Waals surface area contributed by atoms with Crippen LogP contribution in [0.25, 0.3) is 0 Å². The van der Waals surface area contributed by atoms with Gasteiger partial charge in [-0.3, -0.25) is 14.9 Å². The van der Waals surface area contributed by atoms with Crippen LogP contribution in [0, 0.1) is 10.1 Å². The molecule has 0 atom stereocenters. The second kappa shape index (κ2) is 5.79. The first kappa shape index (κ1) is 12.9. The third-order valence-electron chi connectivity index (χ3n) is 2.34. The number of carbonyl (C=O) groups excluding carboxylic acids is 1. The smallest absolute Gasteiger partial charge is 0.269 e. The number of nitrogens with zero attached hydrogens (tertiary/aromatic N) is 2. The molecule has 1 rings (SSSR count). The van der Waals surface area contributed by atoms with Crippen molar-refractivity contribution in [2.75, 3.05) is 14.1 Å². The zero-order valence-corrected chi connectivity index (χ0v) is 9.79. The van der Waals surface area contributed by atoms with E-state index in [1.165, 1.54) is 18.2 Å². The first-order valence-electron chi connectivity index (χ1n) is 5.09. The van der Waals surface area contributed by atoms with Crippen molar-refractivity contribution in [2.45, 2.75) is 6.42 Å². The molecule has 0 amide bonds. The lowest BCUT2D eigenvalue weighted by atomic mass is 10.1. The van der Waals surface area contributed by atoms with E-state index in [0.29, 0.717) is 12.7 Å². The molecule has 0 N–H and O–H groups in total. The molecule has 0 aromatic heterocycles. The minimum absolute atomic E-state index is 0.0618. The number of rotatable bonds is 5. The lowest BCUT2D eigenvalue weighted by Crippen LogP contribution is -2.13. The maximum atomic E-state index is 10.6. The Kier molecular flexibility index (Phi) is 4.39. The van der Waals surface area contributed by atoms with Crippen molar-refractivity contribution in [1.82, 2.24) is 4.90 Å². The number of allylic oxidation sites excluding steroid dienone is 2. The van der Waals surface area contributed by atoms with Crippen LogP contribution < -0.4 is 0 Å². The highest BCUT2D eigenvalue weighted by molar-refractivity contribution is 5.66. The van der Waals surface area contributed by atoms with Crippen molar-refractivity contribution >= 4 is 12.0 Å². The predicted molar refractivity (Wildman–Crippen MR) is 64.6 cm³/mol. The molecule has 0 radical (unpaired) electrons. The number of aldehydes is 1. The topological polar surface area (TPSA) is 63.5 Å². The Balaban J connectivity index is 2.94. The second-order valence-electron chi connectivity index (χ2n) is 3.79. The zero-order valence-electron chi connectivity index (χ0n) is 9.79. The molecule has 90 valence electrons. The van der Waals surface area contributed by atoms with Gasteiger partial charge in [0.15, 0.2) is 0 Å². The summed E-state index contributed by atoms with van der Waals surface area (Å²) in [5, 5.41) is 10.6. The molecule has 5 nitrogen and oxygen atoms in total. The molecular formula is C12H14N2O3. The molecule has 0 aliphatic heterocycles. The van der Waals surface area contributed by atoms with Gasteiger partial charge in [0.1, 0.15) is 6.29 Å². The Bertz CT molecular complexity index is 453. The van der Waals surface area contributed by atoms with Gasteiger partial charge in [0, 0.05) is 38.3 Å². The lowest BCUT2D eigenvalue weighted by molar-refractivity contribution is -0.384. The van der Waals surface area contributed by atoms with Gasteiger partial charge in [0.25, 0.3) is 5.69 Å². The second-order valence-corrected chi connectivity index (χ2v) is 3.79. The SMILES string of the molecule is CN(C)C(=CC=O)Cc1cccc([N+](=O)[O-])c1. The maximum Gasteiger partial charge on any atom is 0.269 e. The molecule has 0 heterocycles. The molecule has 0 spiro atoms. The molecule has 0 saturated heterocycles. The summed E-state index contributed by atoms with van der Waals surface area (Å²) in [7, 11) is 3.65. The lowest BCUT2D eigenvalue weighted by Gasteiger charge is -2.16. The molecule has 5 heteroatoms.